The monoisotopic (exact) mass is 399 g/mol. The fraction of sp³-hybridized carbons (Fsp3) is 0.143. The van der Waals surface area contributed by atoms with E-state index in [2.05, 4.69) is 17.2 Å². The second-order valence-corrected chi connectivity index (χ2v) is 6.27. The van der Waals surface area contributed by atoms with Crippen LogP contribution in [0.4, 0.5) is 10.1 Å². The highest BCUT2D eigenvalue weighted by atomic mass is 19.1. The predicted octanol–water partition coefficient (Wildman–Crippen LogP) is 2.52. The topological polar surface area (TPSA) is 102 Å². The Morgan fingerprint density at radius 3 is 2.38 bits per heavy atom. The molecule has 0 aromatic heterocycles. The number of halogens is 1. The highest BCUT2D eigenvalue weighted by Crippen LogP contribution is 2.29. The molecule has 0 bridgehead atoms. The summed E-state index contributed by atoms with van der Waals surface area (Å²) < 4.78 is 13.0. The van der Waals surface area contributed by atoms with Crippen LogP contribution in [0.5, 0.6) is 5.75 Å². The van der Waals surface area contributed by atoms with Gasteiger partial charge in [-0.1, -0.05) is 24.8 Å². The van der Waals surface area contributed by atoms with Crippen molar-refractivity contribution in [3.8, 4) is 5.75 Å². The number of nitrogens with zero attached hydrogens (tertiary/aromatic N) is 1. The zero-order valence-corrected chi connectivity index (χ0v) is 16.0. The third-order valence-electron chi connectivity index (χ3n) is 4.03. The summed E-state index contributed by atoms with van der Waals surface area (Å²) in [4.78, 5) is 25.1. The number of nitrogens with one attached hydrogen (secondary N) is 2. The first-order valence-electron chi connectivity index (χ1n) is 8.61. The Labute approximate surface area is 167 Å². The van der Waals surface area contributed by atoms with Crippen molar-refractivity contribution >= 4 is 17.9 Å². The largest absolute Gasteiger partial charge is 0.505 e. The maximum atomic E-state index is 13.0. The van der Waals surface area contributed by atoms with Crippen LogP contribution in [0.1, 0.15) is 22.1 Å². The number of amides is 1. The molecule has 1 unspecified atom stereocenters. The molecule has 0 fully saturated rings. The summed E-state index contributed by atoms with van der Waals surface area (Å²) in [7, 11) is 3.12. The highest BCUT2D eigenvalue weighted by molar-refractivity contribution is 5.98. The fourth-order valence-electron chi connectivity index (χ4n) is 2.48. The lowest BCUT2D eigenvalue weighted by atomic mass is 10.1. The second kappa shape index (κ2) is 9.52. The number of carbonyl (C=O) groups is 2. The first-order valence-corrected chi connectivity index (χ1v) is 8.61. The molecule has 0 saturated heterocycles. The first-order chi connectivity index (χ1) is 13.8. The Morgan fingerprint density at radius 1 is 1.17 bits per heavy atom. The molecule has 1 atom stereocenters. The van der Waals surface area contributed by atoms with Crippen molar-refractivity contribution in [1.29, 1.82) is 0 Å². The minimum absolute atomic E-state index is 0.0550. The molecule has 0 aliphatic heterocycles. The molecule has 1 amide bonds. The molecular formula is C21H22FN3O4. The summed E-state index contributed by atoms with van der Waals surface area (Å²) in [6.45, 7) is 3.63. The summed E-state index contributed by atoms with van der Waals surface area (Å²) in [5, 5.41) is 26.1. The van der Waals surface area contributed by atoms with Gasteiger partial charge in [-0.05, 0) is 30.3 Å². The van der Waals surface area contributed by atoms with Crippen LogP contribution in [-0.2, 0) is 4.79 Å². The van der Waals surface area contributed by atoms with Gasteiger partial charge in [-0.3, -0.25) is 9.59 Å². The Kier molecular flexibility index (Phi) is 7.10. The van der Waals surface area contributed by atoms with E-state index in [1.54, 1.807) is 20.2 Å². The quantitative estimate of drug-likeness (QED) is 0.179. The predicted molar refractivity (Wildman–Crippen MR) is 108 cm³/mol. The molecule has 8 heteroatoms. The summed E-state index contributed by atoms with van der Waals surface area (Å²) in [5.74, 6) is -1.14. The van der Waals surface area contributed by atoms with E-state index in [9.17, 15) is 24.2 Å². The first kappa shape index (κ1) is 21.6. The van der Waals surface area contributed by atoms with Crippen molar-refractivity contribution in [2.75, 3.05) is 19.4 Å². The van der Waals surface area contributed by atoms with Crippen LogP contribution < -0.4 is 10.6 Å². The standard InChI is InChI=1S/C21H22FN3O4/c1-4-16(18(12-26)24-20(28)13-8-10-14(22)11-9-13)23-17-7-5-6-15(19(17)27)21(29)25(2)3/h4-12,20,23-24,27-28H,1H2,2-3H3/b18-16-. The number of hydrogen-bond acceptors (Lipinski definition) is 6. The van der Waals surface area contributed by atoms with Crippen molar-refractivity contribution in [2.45, 2.75) is 6.23 Å². The van der Waals surface area contributed by atoms with Crippen molar-refractivity contribution in [1.82, 2.24) is 10.2 Å². The number of anilines is 1. The maximum Gasteiger partial charge on any atom is 0.257 e. The molecule has 7 nitrogen and oxygen atoms in total. The third kappa shape index (κ3) is 5.20. The van der Waals surface area contributed by atoms with Gasteiger partial charge in [-0.15, -0.1) is 0 Å². The van der Waals surface area contributed by atoms with E-state index < -0.39 is 18.0 Å². The summed E-state index contributed by atoms with van der Waals surface area (Å²) >= 11 is 0. The SMILES string of the molecule is C=C/C(Nc1cccc(C(=O)N(C)C)c1O)=C(\C=O)NC(O)c1ccc(F)cc1. The van der Waals surface area contributed by atoms with E-state index in [4.69, 9.17) is 0 Å². The molecule has 4 N–H and O–H groups in total. The van der Waals surface area contributed by atoms with Gasteiger partial charge in [0.05, 0.1) is 16.9 Å². The fourth-order valence-corrected chi connectivity index (χ4v) is 2.48. The molecule has 2 aromatic carbocycles. The van der Waals surface area contributed by atoms with Crippen LogP contribution in [0.2, 0.25) is 0 Å². The van der Waals surface area contributed by atoms with Crippen LogP contribution >= 0.6 is 0 Å². The lowest BCUT2D eigenvalue weighted by molar-refractivity contribution is -0.105. The normalized spacial score (nSPS) is 12.4. The third-order valence-corrected chi connectivity index (χ3v) is 4.03. The minimum atomic E-state index is -1.29. The van der Waals surface area contributed by atoms with E-state index in [1.165, 1.54) is 47.4 Å². The minimum Gasteiger partial charge on any atom is -0.505 e. The molecule has 0 aliphatic rings. The van der Waals surface area contributed by atoms with Crippen LogP contribution in [0.25, 0.3) is 0 Å². The lowest BCUT2D eigenvalue weighted by Gasteiger charge is -2.19. The Hall–Kier alpha value is -3.65. The van der Waals surface area contributed by atoms with Gasteiger partial charge in [0.2, 0.25) is 0 Å². The lowest BCUT2D eigenvalue weighted by Crippen LogP contribution is -2.24. The van der Waals surface area contributed by atoms with Crippen LogP contribution in [0.15, 0.2) is 66.5 Å². The number of aliphatic hydroxyl groups excluding tert-OH is 1. The smallest absolute Gasteiger partial charge is 0.257 e. The average Bonchev–Trinajstić information content (AvgIpc) is 2.71. The number of aromatic hydroxyl groups is 1. The molecule has 2 aromatic rings. The van der Waals surface area contributed by atoms with E-state index in [0.29, 0.717) is 11.8 Å². The molecule has 2 rings (SSSR count). The van der Waals surface area contributed by atoms with Gasteiger partial charge in [0.25, 0.3) is 5.91 Å². The molecule has 0 aliphatic carbocycles. The van der Waals surface area contributed by atoms with Crippen LogP contribution in [0, 0.1) is 5.82 Å². The molecule has 0 spiro atoms. The van der Waals surface area contributed by atoms with E-state index >= 15 is 0 Å². The van der Waals surface area contributed by atoms with Gasteiger partial charge in [-0.25, -0.2) is 4.39 Å². The Bertz CT molecular complexity index is 939. The summed E-state index contributed by atoms with van der Waals surface area (Å²) in [5.41, 5.74) is 0.697. The van der Waals surface area contributed by atoms with Crippen molar-refractivity contribution < 1.29 is 24.2 Å². The number of aliphatic hydroxyl groups is 1. The number of hydrogen-bond donors (Lipinski definition) is 4. The van der Waals surface area contributed by atoms with E-state index in [-0.39, 0.29) is 28.4 Å². The number of aldehydes is 1. The number of benzene rings is 2. The number of phenols is 1. The highest BCUT2D eigenvalue weighted by Gasteiger charge is 2.17. The van der Waals surface area contributed by atoms with Gasteiger partial charge >= 0.3 is 0 Å². The number of para-hydroxylation sites is 1. The summed E-state index contributed by atoms with van der Waals surface area (Å²) in [6, 6.07) is 9.67. The van der Waals surface area contributed by atoms with Crippen molar-refractivity contribution in [3.63, 3.8) is 0 Å². The van der Waals surface area contributed by atoms with Gasteiger partial charge in [0, 0.05) is 19.7 Å². The Balaban J connectivity index is 2.32. The van der Waals surface area contributed by atoms with Crippen LogP contribution in [-0.4, -0.2) is 41.4 Å². The molecule has 152 valence electrons. The molecule has 0 saturated carbocycles. The van der Waals surface area contributed by atoms with Gasteiger partial charge in [0.1, 0.15) is 11.5 Å². The molecule has 29 heavy (non-hydrogen) atoms. The van der Waals surface area contributed by atoms with Crippen LogP contribution in [0.3, 0.4) is 0 Å². The van der Waals surface area contributed by atoms with Gasteiger partial charge in [0.15, 0.2) is 18.3 Å². The van der Waals surface area contributed by atoms with Gasteiger partial charge in [-0.2, -0.15) is 0 Å². The number of carbonyl (C=O) groups excluding carboxylic acids is 2. The van der Waals surface area contributed by atoms with E-state index in [1.807, 2.05) is 0 Å². The van der Waals surface area contributed by atoms with Gasteiger partial charge < -0.3 is 25.7 Å². The van der Waals surface area contributed by atoms with E-state index in [0.717, 1.165) is 0 Å². The number of phenolic OH excluding ortho intramolecular Hbond substituents is 1. The molecular weight excluding hydrogens is 377 g/mol. The zero-order chi connectivity index (χ0) is 21.6. The zero-order valence-electron chi connectivity index (χ0n) is 16.0. The maximum absolute atomic E-state index is 13.0. The number of rotatable bonds is 8. The molecule has 0 heterocycles. The Morgan fingerprint density at radius 2 is 1.83 bits per heavy atom. The molecule has 0 radical (unpaired) electrons. The average molecular weight is 399 g/mol. The summed E-state index contributed by atoms with van der Waals surface area (Å²) in [6.07, 6.45) is 0.485. The number of allylic oxidation sites excluding steroid dienone is 2. The second-order valence-electron chi connectivity index (χ2n) is 6.27. The van der Waals surface area contributed by atoms with Crippen molar-refractivity contribution in [3.05, 3.63) is 83.5 Å². The van der Waals surface area contributed by atoms with Crippen molar-refractivity contribution in [2.24, 2.45) is 0 Å².